The van der Waals surface area contributed by atoms with Crippen LogP contribution < -0.4 is 0 Å². The minimum absolute atomic E-state index is 0.00817. The topological polar surface area (TPSA) is 0 Å². The normalized spacial score (nSPS) is 24.1. The molecule has 154 valence electrons. The molecule has 2 aliphatic rings. The van der Waals surface area contributed by atoms with Crippen LogP contribution in [0.4, 0.5) is 13.2 Å². The Morgan fingerprint density at radius 3 is 2.55 bits per heavy atom. The first-order valence-electron chi connectivity index (χ1n) is 11.0. The van der Waals surface area contributed by atoms with Gasteiger partial charge in [-0.2, -0.15) is 0 Å². The summed E-state index contributed by atoms with van der Waals surface area (Å²) in [6.45, 7) is 2.19. The molecule has 0 bridgehead atoms. The van der Waals surface area contributed by atoms with E-state index in [1.807, 2.05) is 30.3 Å². The number of halogens is 3. The minimum Gasteiger partial charge on any atom is -0.247 e. The molecule has 3 heteroatoms. The number of fused-ring (bicyclic) bond motifs is 1. The number of unbranched alkanes of at least 4 members (excludes halogenated alkanes) is 1. The van der Waals surface area contributed by atoms with Crippen LogP contribution in [0.25, 0.3) is 5.57 Å². The van der Waals surface area contributed by atoms with E-state index in [0.29, 0.717) is 30.7 Å². The van der Waals surface area contributed by atoms with E-state index in [1.165, 1.54) is 18.9 Å². The van der Waals surface area contributed by atoms with Crippen molar-refractivity contribution in [3.05, 3.63) is 76.4 Å². The summed E-state index contributed by atoms with van der Waals surface area (Å²) >= 11 is 0. The van der Waals surface area contributed by atoms with Crippen LogP contribution >= 0.6 is 0 Å². The zero-order valence-electron chi connectivity index (χ0n) is 17.1. The molecule has 4 rings (SSSR count). The standard InChI is InChI=1S/C26H29F3/c1-2-3-4-17-5-11-23(25(28)13-17)19-8-6-18(7-9-19)20-10-12-24-21(14-20)15-22(27)16-26(24)29/h6-10,15-17,23,25H,2-5,11-14H2,1H3. The molecule has 0 aromatic heterocycles. The van der Waals surface area contributed by atoms with Gasteiger partial charge in [0.2, 0.25) is 0 Å². The Kier molecular flexibility index (Phi) is 6.12. The van der Waals surface area contributed by atoms with Crippen molar-refractivity contribution in [3.8, 4) is 0 Å². The van der Waals surface area contributed by atoms with Crippen molar-refractivity contribution in [2.45, 2.75) is 70.4 Å². The predicted octanol–water partition coefficient (Wildman–Crippen LogP) is 7.56. The van der Waals surface area contributed by atoms with Gasteiger partial charge in [-0.25, -0.2) is 13.2 Å². The molecule has 0 aliphatic heterocycles. The maximum atomic E-state index is 14.8. The lowest BCUT2D eigenvalue weighted by Gasteiger charge is -2.32. The van der Waals surface area contributed by atoms with Crippen molar-refractivity contribution >= 4 is 5.57 Å². The van der Waals surface area contributed by atoms with Gasteiger partial charge in [-0.15, -0.1) is 0 Å². The summed E-state index contributed by atoms with van der Waals surface area (Å²) in [5.74, 6) is -0.463. The number of rotatable bonds is 5. The smallest absolute Gasteiger partial charge is 0.129 e. The van der Waals surface area contributed by atoms with Crippen molar-refractivity contribution in [3.63, 3.8) is 0 Å². The molecular weight excluding hydrogens is 369 g/mol. The van der Waals surface area contributed by atoms with Crippen LogP contribution in [0, 0.1) is 17.6 Å². The molecule has 0 saturated heterocycles. The van der Waals surface area contributed by atoms with Gasteiger partial charge in [0.15, 0.2) is 0 Å². The molecule has 1 saturated carbocycles. The number of benzene rings is 2. The van der Waals surface area contributed by atoms with E-state index in [-0.39, 0.29) is 5.92 Å². The SMILES string of the molecule is CCCCC1CCC(c2ccc(C3=CCc4c(F)cc(F)cc4C3)cc2)C(F)C1. The van der Waals surface area contributed by atoms with Crippen LogP contribution in [0.2, 0.25) is 0 Å². The van der Waals surface area contributed by atoms with E-state index in [1.54, 1.807) is 0 Å². The predicted molar refractivity (Wildman–Crippen MR) is 113 cm³/mol. The number of hydrogen-bond acceptors (Lipinski definition) is 0. The monoisotopic (exact) mass is 398 g/mol. The highest BCUT2D eigenvalue weighted by Crippen LogP contribution is 2.40. The largest absolute Gasteiger partial charge is 0.247 e. The zero-order chi connectivity index (χ0) is 20.4. The van der Waals surface area contributed by atoms with E-state index in [2.05, 4.69) is 6.92 Å². The number of hydrogen-bond donors (Lipinski definition) is 0. The first-order chi connectivity index (χ1) is 14.0. The summed E-state index contributed by atoms with van der Waals surface area (Å²) in [5, 5.41) is 0. The fourth-order valence-corrected chi connectivity index (χ4v) is 5.04. The Balaban J connectivity index is 1.44. The van der Waals surface area contributed by atoms with E-state index in [9.17, 15) is 13.2 Å². The second-order valence-corrected chi connectivity index (χ2v) is 8.70. The summed E-state index contributed by atoms with van der Waals surface area (Å²) < 4.78 is 42.4. The van der Waals surface area contributed by atoms with Gasteiger partial charge in [0.1, 0.15) is 17.8 Å². The molecule has 3 atom stereocenters. The van der Waals surface area contributed by atoms with Gasteiger partial charge < -0.3 is 0 Å². The molecule has 1 fully saturated rings. The molecular formula is C26H29F3. The van der Waals surface area contributed by atoms with Crippen LogP contribution in [0.1, 0.15) is 73.6 Å². The van der Waals surface area contributed by atoms with Crippen molar-refractivity contribution in [1.29, 1.82) is 0 Å². The summed E-state index contributed by atoms with van der Waals surface area (Å²) in [5.41, 5.74) is 4.51. The lowest BCUT2D eigenvalue weighted by molar-refractivity contribution is 0.162. The highest BCUT2D eigenvalue weighted by Gasteiger charge is 2.31. The third-order valence-corrected chi connectivity index (χ3v) is 6.74. The van der Waals surface area contributed by atoms with Crippen molar-refractivity contribution < 1.29 is 13.2 Å². The highest BCUT2D eigenvalue weighted by atomic mass is 19.1. The first kappa shape index (κ1) is 20.3. The maximum Gasteiger partial charge on any atom is 0.129 e. The van der Waals surface area contributed by atoms with Crippen molar-refractivity contribution in [2.75, 3.05) is 0 Å². The third-order valence-electron chi connectivity index (χ3n) is 6.74. The molecule has 29 heavy (non-hydrogen) atoms. The van der Waals surface area contributed by atoms with Gasteiger partial charge in [0, 0.05) is 12.0 Å². The summed E-state index contributed by atoms with van der Waals surface area (Å²) in [6, 6.07) is 10.6. The minimum atomic E-state index is -0.761. The van der Waals surface area contributed by atoms with Crippen LogP contribution in [0.3, 0.4) is 0 Å². The van der Waals surface area contributed by atoms with Crippen molar-refractivity contribution in [2.24, 2.45) is 5.92 Å². The van der Waals surface area contributed by atoms with Crippen LogP contribution in [0.5, 0.6) is 0 Å². The van der Waals surface area contributed by atoms with E-state index in [0.717, 1.165) is 47.6 Å². The molecule has 0 N–H and O–H groups in total. The molecule has 0 spiro atoms. The molecule has 2 aromatic carbocycles. The van der Waals surface area contributed by atoms with Gasteiger partial charge in [-0.1, -0.05) is 56.5 Å². The molecule has 2 aromatic rings. The molecule has 3 unspecified atom stereocenters. The lowest BCUT2D eigenvalue weighted by atomic mass is 9.75. The van der Waals surface area contributed by atoms with Gasteiger partial charge in [-0.05, 0) is 71.9 Å². The Labute approximate surface area is 171 Å². The molecule has 0 radical (unpaired) electrons. The average molecular weight is 399 g/mol. The Morgan fingerprint density at radius 2 is 1.83 bits per heavy atom. The zero-order valence-corrected chi connectivity index (χ0v) is 17.1. The second-order valence-electron chi connectivity index (χ2n) is 8.70. The lowest BCUT2D eigenvalue weighted by Crippen LogP contribution is -2.24. The average Bonchev–Trinajstić information content (AvgIpc) is 2.72. The van der Waals surface area contributed by atoms with E-state index < -0.39 is 17.8 Å². The van der Waals surface area contributed by atoms with Gasteiger partial charge >= 0.3 is 0 Å². The molecule has 2 aliphatic carbocycles. The fourth-order valence-electron chi connectivity index (χ4n) is 5.04. The number of allylic oxidation sites excluding steroid dienone is 2. The summed E-state index contributed by atoms with van der Waals surface area (Å²) in [7, 11) is 0. The maximum absolute atomic E-state index is 14.8. The second kappa shape index (κ2) is 8.77. The molecule has 0 heterocycles. The van der Waals surface area contributed by atoms with Gasteiger partial charge in [-0.3, -0.25) is 0 Å². The Morgan fingerprint density at radius 1 is 1.03 bits per heavy atom. The van der Waals surface area contributed by atoms with E-state index in [4.69, 9.17) is 0 Å². The van der Waals surface area contributed by atoms with E-state index >= 15 is 0 Å². The van der Waals surface area contributed by atoms with Crippen LogP contribution in [-0.2, 0) is 12.8 Å². The number of alkyl halides is 1. The van der Waals surface area contributed by atoms with Gasteiger partial charge in [0.25, 0.3) is 0 Å². The molecule has 0 nitrogen and oxygen atoms in total. The quantitative estimate of drug-likeness (QED) is 0.487. The summed E-state index contributed by atoms with van der Waals surface area (Å²) in [6.07, 6.45) is 8.52. The Hall–Kier alpha value is -2.03. The molecule has 0 amide bonds. The van der Waals surface area contributed by atoms with Crippen LogP contribution in [-0.4, -0.2) is 6.17 Å². The van der Waals surface area contributed by atoms with Crippen molar-refractivity contribution in [1.82, 2.24) is 0 Å². The highest BCUT2D eigenvalue weighted by molar-refractivity contribution is 5.70. The first-order valence-corrected chi connectivity index (χ1v) is 11.0. The Bertz CT molecular complexity index is 882. The third kappa shape index (κ3) is 4.44. The fraction of sp³-hybridized carbons (Fsp3) is 0.462. The van der Waals surface area contributed by atoms with Crippen LogP contribution in [0.15, 0.2) is 42.5 Å². The summed E-state index contributed by atoms with van der Waals surface area (Å²) in [4.78, 5) is 0. The van der Waals surface area contributed by atoms with Gasteiger partial charge in [0.05, 0.1) is 0 Å².